The van der Waals surface area contributed by atoms with Gasteiger partial charge in [-0.15, -0.1) is 0 Å². The Morgan fingerprint density at radius 2 is 1.64 bits per heavy atom. The third-order valence-electron chi connectivity index (χ3n) is 3.42. The highest BCUT2D eigenvalue weighted by Crippen LogP contribution is 2.41. The topological polar surface area (TPSA) is 79.8 Å². The Bertz CT molecular complexity index is 956. The van der Waals surface area contributed by atoms with Gasteiger partial charge in [-0.3, -0.25) is 0 Å². The Labute approximate surface area is 162 Å². The van der Waals surface area contributed by atoms with Gasteiger partial charge in [-0.25, -0.2) is 14.8 Å². The Morgan fingerprint density at radius 1 is 0.929 bits per heavy atom. The smallest absolute Gasteiger partial charge is 0.339 e. The Kier molecular flexibility index (Phi) is 6.20. The highest BCUT2D eigenvalue weighted by Gasteiger charge is 2.17. The number of benzene rings is 2. The number of hydrogen-bond acceptors (Lipinski definition) is 7. The van der Waals surface area contributed by atoms with Gasteiger partial charge in [-0.2, -0.15) is 0 Å². The van der Waals surface area contributed by atoms with Crippen molar-refractivity contribution in [3.63, 3.8) is 0 Å². The average Bonchev–Trinajstić information content (AvgIpc) is 2.71. The average molecular weight is 378 g/mol. The molecule has 0 bridgehead atoms. The molecule has 0 aliphatic heterocycles. The van der Waals surface area contributed by atoms with Crippen LogP contribution in [-0.4, -0.2) is 23.0 Å². The highest BCUT2D eigenvalue weighted by molar-refractivity contribution is 5.84. The first-order valence-corrected chi connectivity index (χ1v) is 8.39. The maximum absolute atomic E-state index is 12.0. The second kappa shape index (κ2) is 9.18. The third-order valence-corrected chi connectivity index (χ3v) is 3.42. The van der Waals surface area contributed by atoms with Crippen LogP contribution in [0.1, 0.15) is 5.56 Å². The molecule has 7 nitrogen and oxygen atoms in total. The fraction of sp³-hybridized carbons (Fsp3) is 0.0952. The Hall–Kier alpha value is -3.87. The summed E-state index contributed by atoms with van der Waals surface area (Å²) in [5.74, 6) is 0.626. The van der Waals surface area contributed by atoms with Gasteiger partial charge in [0.2, 0.25) is 5.75 Å². The van der Waals surface area contributed by atoms with E-state index in [1.54, 1.807) is 42.7 Å². The van der Waals surface area contributed by atoms with Crippen LogP contribution in [0, 0.1) is 6.92 Å². The maximum Gasteiger partial charge on any atom is 0.339 e. The van der Waals surface area contributed by atoms with E-state index in [2.05, 4.69) is 9.97 Å². The van der Waals surface area contributed by atoms with Crippen LogP contribution >= 0.6 is 0 Å². The summed E-state index contributed by atoms with van der Waals surface area (Å²) in [6, 6.07) is 14.2. The van der Waals surface area contributed by atoms with Crippen LogP contribution < -0.4 is 14.2 Å². The van der Waals surface area contributed by atoms with Crippen LogP contribution in [0.15, 0.2) is 73.3 Å². The normalized spacial score (nSPS) is 10.5. The van der Waals surface area contributed by atoms with Gasteiger partial charge in [0.05, 0.1) is 19.4 Å². The van der Waals surface area contributed by atoms with E-state index in [-0.39, 0.29) is 17.5 Å². The van der Waals surface area contributed by atoms with Crippen LogP contribution in [0.2, 0.25) is 0 Å². The molecule has 0 aliphatic carbocycles. The number of carbonyl (C=O) groups excluding carboxylic acids is 1. The van der Waals surface area contributed by atoms with Gasteiger partial charge < -0.3 is 18.9 Å². The molecule has 0 saturated carbocycles. The maximum atomic E-state index is 12.0. The molecule has 0 atom stereocenters. The highest BCUT2D eigenvalue weighted by atomic mass is 16.6. The predicted octanol–water partition coefficient (Wildman–Crippen LogP) is 4.44. The van der Waals surface area contributed by atoms with E-state index in [0.717, 1.165) is 11.6 Å². The molecule has 0 spiro atoms. The van der Waals surface area contributed by atoms with Gasteiger partial charge in [-0.1, -0.05) is 24.3 Å². The predicted molar refractivity (Wildman–Crippen MR) is 102 cm³/mol. The zero-order valence-electron chi connectivity index (χ0n) is 15.4. The summed E-state index contributed by atoms with van der Waals surface area (Å²) in [5, 5.41) is 0. The molecule has 28 heavy (non-hydrogen) atoms. The molecule has 3 rings (SSSR count). The molecular formula is C21H18N2O5. The lowest BCUT2D eigenvalue weighted by Crippen LogP contribution is -2.06. The summed E-state index contributed by atoms with van der Waals surface area (Å²) < 4.78 is 21.8. The second-order valence-electron chi connectivity index (χ2n) is 5.60. The van der Waals surface area contributed by atoms with Crippen molar-refractivity contribution in [2.45, 2.75) is 6.92 Å². The third kappa shape index (κ3) is 5.07. The minimum Gasteiger partial charge on any atom is -0.504 e. The molecule has 0 N–H and O–H groups in total. The lowest BCUT2D eigenvalue weighted by Gasteiger charge is -2.14. The number of aryl methyl sites for hydroxylation is 1. The van der Waals surface area contributed by atoms with E-state index >= 15 is 0 Å². The first-order chi connectivity index (χ1) is 13.7. The van der Waals surface area contributed by atoms with Gasteiger partial charge in [0, 0.05) is 12.4 Å². The van der Waals surface area contributed by atoms with E-state index in [1.165, 1.54) is 13.4 Å². The Balaban J connectivity index is 1.95. The number of aromatic nitrogens is 2. The number of rotatable bonds is 7. The number of methoxy groups -OCH3 is 1. The van der Waals surface area contributed by atoms with E-state index in [0.29, 0.717) is 11.5 Å². The molecule has 142 valence electrons. The second-order valence-corrected chi connectivity index (χ2v) is 5.60. The van der Waals surface area contributed by atoms with Crippen molar-refractivity contribution in [3.05, 3.63) is 78.8 Å². The Morgan fingerprint density at radius 3 is 2.36 bits per heavy atom. The monoisotopic (exact) mass is 378 g/mol. The lowest BCUT2D eigenvalue weighted by molar-refractivity contribution is -0.129. The van der Waals surface area contributed by atoms with Gasteiger partial charge in [0.1, 0.15) is 5.75 Å². The summed E-state index contributed by atoms with van der Waals surface area (Å²) in [6.45, 7) is 1.88. The fourth-order valence-corrected chi connectivity index (χ4v) is 2.16. The van der Waals surface area contributed by atoms with Crippen molar-refractivity contribution in [3.8, 4) is 29.0 Å². The molecule has 2 aromatic carbocycles. The molecule has 0 unspecified atom stereocenters. The van der Waals surface area contributed by atoms with Crippen molar-refractivity contribution in [2.75, 3.05) is 7.11 Å². The lowest BCUT2D eigenvalue weighted by atomic mass is 10.3. The van der Waals surface area contributed by atoms with Gasteiger partial charge in [0.15, 0.2) is 11.5 Å². The van der Waals surface area contributed by atoms with Crippen LogP contribution in [0.5, 0.6) is 29.0 Å². The molecular weight excluding hydrogens is 360 g/mol. The van der Waals surface area contributed by atoms with Crippen LogP contribution in [0.25, 0.3) is 0 Å². The quantitative estimate of drug-likeness (QED) is 0.260. The zero-order valence-corrected chi connectivity index (χ0v) is 15.4. The van der Waals surface area contributed by atoms with Crippen molar-refractivity contribution < 1.29 is 23.7 Å². The minimum absolute atomic E-state index is 0.145. The van der Waals surface area contributed by atoms with Crippen LogP contribution in [0.3, 0.4) is 0 Å². The summed E-state index contributed by atoms with van der Waals surface area (Å²) in [4.78, 5) is 20.2. The van der Waals surface area contributed by atoms with E-state index in [9.17, 15) is 4.79 Å². The molecule has 1 heterocycles. The summed E-state index contributed by atoms with van der Waals surface area (Å²) in [6.07, 6.45) is 5.66. The molecule has 0 saturated heterocycles. The zero-order chi connectivity index (χ0) is 19.8. The fourth-order valence-electron chi connectivity index (χ4n) is 2.16. The summed E-state index contributed by atoms with van der Waals surface area (Å²) >= 11 is 0. The molecule has 0 fully saturated rings. The first kappa shape index (κ1) is 18.9. The molecule has 0 radical (unpaired) electrons. The number of hydrogen-bond donors (Lipinski definition) is 0. The minimum atomic E-state index is -0.622. The van der Waals surface area contributed by atoms with Gasteiger partial charge in [-0.05, 0) is 36.8 Å². The van der Waals surface area contributed by atoms with Crippen molar-refractivity contribution in [1.29, 1.82) is 0 Å². The first-order valence-electron chi connectivity index (χ1n) is 8.39. The van der Waals surface area contributed by atoms with E-state index < -0.39 is 5.97 Å². The molecule has 0 aliphatic rings. The van der Waals surface area contributed by atoms with Crippen molar-refractivity contribution >= 4 is 5.97 Å². The molecule has 0 amide bonds. The SMILES string of the molecule is COC=CC(=O)Oc1cccc(Oc2ncc(C)cn2)c1Oc1ccccc1. The van der Waals surface area contributed by atoms with E-state index in [1.807, 2.05) is 25.1 Å². The number of nitrogens with zero attached hydrogens (tertiary/aromatic N) is 2. The number of ether oxygens (including phenoxy) is 4. The number of para-hydroxylation sites is 2. The molecule has 3 aromatic rings. The number of esters is 1. The van der Waals surface area contributed by atoms with Crippen LogP contribution in [0.4, 0.5) is 0 Å². The van der Waals surface area contributed by atoms with Gasteiger partial charge in [0.25, 0.3) is 0 Å². The van der Waals surface area contributed by atoms with Crippen molar-refractivity contribution in [1.82, 2.24) is 9.97 Å². The van der Waals surface area contributed by atoms with Crippen LogP contribution in [-0.2, 0) is 9.53 Å². The molecule has 1 aromatic heterocycles. The largest absolute Gasteiger partial charge is 0.504 e. The summed E-state index contributed by atoms with van der Waals surface area (Å²) in [5.41, 5.74) is 0.903. The van der Waals surface area contributed by atoms with Gasteiger partial charge >= 0.3 is 12.0 Å². The molecule has 7 heteroatoms. The number of carbonyl (C=O) groups is 1. The van der Waals surface area contributed by atoms with E-state index in [4.69, 9.17) is 18.9 Å². The van der Waals surface area contributed by atoms with Crippen molar-refractivity contribution in [2.24, 2.45) is 0 Å². The standard InChI is InChI=1S/C21H18N2O5/c1-15-13-22-21(23-14-15)28-18-10-6-9-17(27-19(24)11-12-25-2)20(18)26-16-7-4-3-5-8-16/h3-14H,1-2H3. The summed E-state index contributed by atoms with van der Waals surface area (Å²) in [7, 11) is 1.43.